The Hall–Kier alpha value is -1.03. The molecule has 7 nitrogen and oxygen atoms in total. The van der Waals surface area contributed by atoms with Crippen molar-refractivity contribution in [2.24, 2.45) is 23.7 Å². The predicted molar refractivity (Wildman–Crippen MR) is 126 cm³/mol. The summed E-state index contributed by atoms with van der Waals surface area (Å²) in [7, 11) is 1.41. The van der Waals surface area contributed by atoms with Gasteiger partial charge in [-0.3, -0.25) is 4.79 Å². The molecule has 5 fully saturated rings. The normalized spacial score (nSPS) is 41.9. The number of fused-ring (bicyclic) bond motifs is 2. The molecular formula is C26H35BrO7. The van der Waals surface area contributed by atoms with Crippen molar-refractivity contribution in [1.29, 1.82) is 0 Å². The smallest absolute Gasteiger partial charge is 0.305 e. The molecule has 1 aliphatic carbocycles. The third kappa shape index (κ3) is 4.24. The van der Waals surface area contributed by atoms with Gasteiger partial charge in [0.05, 0.1) is 13.2 Å². The first kappa shape index (κ1) is 24.7. The van der Waals surface area contributed by atoms with Crippen LogP contribution in [0.2, 0.25) is 0 Å². The quantitative estimate of drug-likeness (QED) is 0.341. The van der Waals surface area contributed by atoms with Crippen molar-refractivity contribution >= 4 is 21.9 Å². The number of hydrogen-bond acceptors (Lipinski definition) is 7. The van der Waals surface area contributed by atoms with Crippen LogP contribution >= 0.6 is 15.9 Å². The van der Waals surface area contributed by atoms with Gasteiger partial charge < -0.3 is 18.9 Å². The van der Waals surface area contributed by atoms with Gasteiger partial charge in [0, 0.05) is 29.2 Å². The lowest BCUT2D eigenvalue weighted by Crippen LogP contribution is -2.70. The monoisotopic (exact) mass is 538 g/mol. The third-order valence-corrected chi connectivity index (χ3v) is 9.00. The summed E-state index contributed by atoms with van der Waals surface area (Å²) in [5, 5.41) is 0. The van der Waals surface area contributed by atoms with Gasteiger partial charge in [-0.15, -0.1) is 0 Å². The summed E-state index contributed by atoms with van der Waals surface area (Å²) < 4.78 is 25.5. The van der Waals surface area contributed by atoms with Crippen LogP contribution in [0.4, 0.5) is 0 Å². The molecular weight excluding hydrogens is 504 g/mol. The Bertz CT molecular complexity index is 894. The highest BCUT2D eigenvalue weighted by Crippen LogP contribution is 2.60. The Morgan fingerprint density at radius 1 is 1.15 bits per heavy atom. The summed E-state index contributed by atoms with van der Waals surface area (Å²) in [4.78, 5) is 24.0. The summed E-state index contributed by atoms with van der Waals surface area (Å²) in [6.07, 6.45) is 3.31. The van der Waals surface area contributed by atoms with Crippen molar-refractivity contribution in [2.45, 2.75) is 89.4 Å². The Labute approximate surface area is 209 Å². The number of halogens is 1. The zero-order valence-electron chi connectivity index (χ0n) is 20.3. The van der Waals surface area contributed by atoms with Crippen LogP contribution in [-0.2, 0) is 33.5 Å². The van der Waals surface area contributed by atoms with Crippen molar-refractivity contribution < 1.29 is 33.5 Å². The number of rotatable bonds is 6. The number of hydrogen-bond donors (Lipinski definition) is 0. The largest absolute Gasteiger partial charge is 0.469 e. The van der Waals surface area contributed by atoms with Gasteiger partial charge in [0.1, 0.15) is 0 Å². The minimum absolute atomic E-state index is 0.0666. The molecule has 4 aliphatic heterocycles. The van der Waals surface area contributed by atoms with E-state index in [9.17, 15) is 4.79 Å². The van der Waals surface area contributed by atoms with Crippen LogP contribution in [0.3, 0.4) is 0 Å². The van der Waals surface area contributed by atoms with Gasteiger partial charge >= 0.3 is 5.97 Å². The molecule has 5 aliphatic rings. The Kier molecular flexibility index (Phi) is 6.85. The topological polar surface area (TPSA) is 72.5 Å². The fraction of sp³-hybridized carbons (Fsp3) is 0.731. The maximum atomic E-state index is 11.9. The van der Waals surface area contributed by atoms with E-state index in [-0.39, 0.29) is 30.3 Å². The molecule has 8 heteroatoms. The van der Waals surface area contributed by atoms with E-state index >= 15 is 0 Å². The lowest BCUT2D eigenvalue weighted by Gasteiger charge is -2.60. The average molecular weight is 539 g/mol. The summed E-state index contributed by atoms with van der Waals surface area (Å²) in [6.45, 7) is 6.41. The van der Waals surface area contributed by atoms with Crippen molar-refractivity contribution in [2.75, 3.05) is 7.11 Å². The minimum atomic E-state index is -0.821. The fourth-order valence-electron chi connectivity index (χ4n) is 6.53. The number of ether oxygens (including phenoxy) is 4. The SMILES string of the molecule is COC(=O)CCC(O[C@@H]1O[C@@H]2OC3(C)CC[C@H]4[C@H](C)CCC([C@H]1C)C24OO3)c1ccc(Br)cc1. The van der Waals surface area contributed by atoms with Gasteiger partial charge in [-0.2, -0.15) is 0 Å². The maximum absolute atomic E-state index is 11.9. The molecule has 188 valence electrons. The molecule has 1 spiro atoms. The molecule has 9 atom stereocenters. The van der Waals surface area contributed by atoms with Crippen LogP contribution in [0.25, 0.3) is 0 Å². The van der Waals surface area contributed by atoms with E-state index in [2.05, 4.69) is 29.8 Å². The molecule has 0 aromatic heterocycles. The number of carbonyl (C=O) groups excluding carboxylic acids is 1. The number of methoxy groups -OCH3 is 1. The lowest BCUT2D eigenvalue weighted by atomic mass is 9.58. The first-order valence-electron chi connectivity index (χ1n) is 12.4. The van der Waals surface area contributed by atoms with Crippen LogP contribution in [-0.4, -0.2) is 37.0 Å². The predicted octanol–water partition coefficient (Wildman–Crippen LogP) is 5.67. The third-order valence-electron chi connectivity index (χ3n) is 8.48. The summed E-state index contributed by atoms with van der Waals surface area (Å²) in [5.41, 5.74) is 0.375. The van der Waals surface area contributed by atoms with Crippen molar-refractivity contribution in [1.82, 2.24) is 0 Å². The molecule has 2 bridgehead atoms. The van der Waals surface area contributed by atoms with Crippen LogP contribution in [0.15, 0.2) is 28.7 Å². The van der Waals surface area contributed by atoms with Crippen LogP contribution in [0, 0.1) is 23.7 Å². The molecule has 4 heterocycles. The van der Waals surface area contributed by atoms with E-state index in [1.54, 1.807) is 0 Å². The van der Waals surface area contributed by atoms with E-state index in [4.69, 9.17) is 28.7 Å². The molecule has 4 saturated heterocycles. The summed E-state index contributed by atoms with van der Waals surface area (Å²) >= 11 is 3.50. The number of benzene rings is 1. The zero-order chi connectivity index (χ0) is 24.1. The van der Waals surface area contributed by atoms with Crippen molar-refractivity contribution in [3.8, 4) is 0 Å². The molecule has 1 aromatic rings. The second-order valence-electron chi connectivity index (χ2n) is 10.6. The van der Waals surface area contributed by atoms with E-state index in [0.717, 1.165) is 35.7 Å². The van der Waals surface area contributed by atoms with Gasteiger partial charge in [0.25, 0.3) is 0 Å². The minimum Gasteiger partial charge on any atom is -0.469 e. The average Bonchev–Trinajstić information content (AvgIpc) is 3.06. The van der Waals surface area contributed by atoms with Crippen LogP contribution in [0.5, 0.6) is 0 Å². The molecule has 6 rings (SSSR count). The van der Waals surface area contributed by atoms with E-state index in [1.807, 2.05) is 31.2 Å². The highest BCUT2D eigenvalue weighted by atomic mass is 79.9. The second kappa shape index (κ2) is 9.45. The highest BCUT2D eigenvalue weighted by molar-refractivity contribution is 9.10. The molecule has 4 unspecified atom stereocenters. The molecule has 0 amide bonds. The molecule has 1 saturated carbocycles. The highest BCUT2D eigenvalue weighted by Gasteiger charge is 2.69. The second-order valence-corrected chi connectivity index (χ2v) is 11.5. The van der Waals surface area contributed by atoms with Crippen molar-refractivity contribution in [3.05, 3.63) is 34.3 Å². The molecule has 1 aromatic carbocycles. The van der Waals surface area contributed by atoms with E-state index < -0.39 is 24.0 Å². The van der Waals surface area contributed by atoms with Gasteiger partial charge in [-0.05, 0) is 62.1 Å². The standard InChI is InChI=1S/C26H35BrO7/c1-15-5-10-20-16(2)23(31-24-26(20)19(15)13-14-25(3,32-24)33-34-26)30-21(11-12-22(28)29-4)17-6-8-18(27)9-7-17/h6-9,15-16,19-21,23-24H,5,10-14H2,1-4H3/t15-,16-,19+,20?,21?,23-,24-,25?,26?/m1/s1. The van der Waals surface area contributed by atoms with Crippen LogP contribution in [0.1, 0.15) is 71.0 Å². The number of carbonyl (C=O) groups is 1. The maximum Gasteiger partial charge on any atom is 0.305 e. The lowest BCUT2D eigenvalue weighted by molar-refractivity contribution is -0.578. The molecule has 0 N–H and O–H groups in total. The van der Waals surface area contributed by atoms with Crippen LogP contribution < -0.4 is 0 Å². The Morgan fingerprint density at radius 2 is 1.91 bits per heavy atom. The summed E-state index contributed by atoms with van der Waals surface area (Å²) in [6, 6.07) is 8.00. The first-order valence-corrected chi connectivity index (χ1v) is 13.2. The first-order chi connectivity index (χ1) is 16.3. The van der Waals surface area contributed by atoms with Gasteiger partial charge in [-0.25, -0.2) is 9.78 Å². The van der Waals surface area contributed by atoms with Gasteiger partial charge in [0.15, 0.2) is 18.2 Å². The van der Waals surface area contributed by atoms with Crippen molar-refractivity contribution in [3.63, 3.8) is 0 Å². The van der Waals surface area contributed by atoms with Gasteiger partial charge in [-0.1, -0.05) is 41.9 Å². The number of esters is 1. The van der Waals surface area contributed by atoms with E-state index in [1.165, 1.54) is 7.11 Å². The zero-order valence-corrected chi connectivity index (χ0v) is 21.9. The van der Waals surface area contributed by atoms with E-state index in [0.29, 0.717) is 18.3 Å². The fourth-order valence-corrected chi connectivity index (χ4v) is 6.80. The molecule has 0 radical (unpaired) electrons. The Balaban J connectivity index is 1.42. The Morgan fingerprint density at radius 3 is 2.65 bits per heavy atom. The van der Waals surface area contributed by atoms with Gasteiger partial charge in [0.2, 0.25) is 5.79 Å². The summed E-state index contributed by atoms with van der Waals surface area (Å²) in [5.74, 6) is -0.00288. The molecule has 34 heavy (non-hydrogen) atoms.